The third-order valence-corrected chi connectivity index (χ3v) is 4.27. The summed E-state index contributed by atoms with van der Waals surface area (Å²) in [5, 5.41) is 10.1. The van der Waals surface area contributed by atoms with Gasteiger partial charge in [-0.3, -0.25) is 0 Å². The van der Waals surface area contributed by atoms with Gasteiger partial charge in [0.2, 0.25) is 0 Å². The van der Waals surface area contributed by atoms with E-state index < -0.39 is 6.10 Å². The number of aryl methyl sites for hydroxylation is 1. The minimum absolute atomic E-state index is 0.248. The summed E-state index contributed by atoms with van der Waals surface area (Å²) >= 11 is 1.58. The van der Waals surface area contributed by atoms with E-state index in [0.29, 0.717) is 12.2 Å². The number of hydrogen-bond acceptors (Lipinski definition) is 4. The van der Waals surface area contributed by atoms with Crippen molar-refractivity contribution in [1.82, 2.24) is 0 Å². The van der Waals surface area contributed by atoms with Crippen molar-refractivity contribution < 1.29 is 9.52 Å². The van der Waals surface area contributed by atoms with Crippen LogP contribution in [0.4, 0.5) is 0 Å². The molecular weight excluding hydrogens is 258 g/mol. The van der Waals surface area contributed by atoms with Crippen molar-refractivity contribution in [1.29, 1.82) is 0 Å². The van der Waals surface area contributed by atoms with Gasteiger partial charge in [-0.1, -0.05) is 30.3 Å². The molecule has 3 N–H and O–H groups in total. The van der Waals surface area contributed by atoms with Crippen molar-refractivity contribution >= 4 is 11.8 Å². The Labute approximate surface area is 117 Å². The van der Waals surface area contributed by atoms with Crippen LogP contribution >= 0.6 is 11.8 Å². The van der Waals surface area contributed by atoms with Gasteiger partial charge in [-0.2, -0.15) is 0 Å². The first kappa shape index (κ1) is 14.2. The van der Waals surface area contributed by atoms with E-state index in [2.05, 4.69) is 0 Å². The van der Waals surface area contributed by atoms with E-state index in [1.54, 1.807) is 18.0 Å². The van der Waals surface area contributed by atoms with Crippen LogP contribution in [0.15, 0.2) is 52.0 Å². The quantitative estimate of drug-likeness (QED) is 0.797. The molecule has 4 heteroatoms. The molecule has 0 bridgehead atoms. The zero-order valence-electron chi connectivity index (χ0n) is 11.0. The van der Waals surface area contributed by atoms with Crippen LogP contribution in [0, 0.1) is 6.92 Å². The second kappa shape index (κ2) is 6.80. The van der Waals surface area contributed by atoms with Gasteiger partial charge >= 0.3 is 0 Å². The van der Waals surface area contributed by atoms with Gasteiger partial charge in [0.25, 0.3) is 0 Å². The number of hydrogen-bond donors (Lipinski definition) is 2. The molecule has 0 fully saturated rings. The number of nitrogens with two attached hydrogens (primary N) is 1. The average Bonchev–Trinajstić information content (AvgIpc) is 2.82. The Morgan fingerprint density at radius 2 is 2.00 bits per heavy atom. The maximum absolute atomic E-state index is 10.1. The summed E-state index contributed by atoms with van der Waals surface area (Å²) in [6.07, 6.45) is 1.82. The highest BCUT2D eigenvalue weighted by molar-refractivity contribution is 7.99. The monoisotopic (exact) mass is 277 g/mol. The maximum Gasteiger partial charge on any atom is 0.114 e. The normalized spacial score (nSPS) is 14.3. The van der Waals surface area contributed by atoms with Crippen LogP contribution < -0.4 is 5.73 Å². The van der Waals surface area contributed by atoms with E-state index in [1.807, 2.05) is 43.3 Å². The summed E-state index contributed by atoms with van der Waals surface area (Å²) in [4.78, 5) is 1.06. The van der Waals surface area contributed by atoms with Crippen molar-refractivity contribution in [2.75, 3.05) is 5.75 Å². The molecule has 0 amide bonds. The van der Waals surface area contributed by atoms with Crippen molar-refractivity contribution in [3.63, 3.8) is 0 Å². The standard InChI is InChI=1S/C15H19NO2S/c1-11-15(7-8-18-11)19-10-14(17)13(16)9-12-5-3-2-4-6-12/h2-8,13-14,17H,9-10,16H2,1H3. The average molecular weight is 277 g/mol. The summed E-state index contributed by atoms with van der Waals surface area (Å²) in [7, 11) is 0. The van der Waals surface area contributed by atoms with Gasteiger partial charge in [0.15, 0.2) is 0 Å². The summed E-state index contributed by atoms with van der Waals surface area (Å²) in [6, 6.07) is 11.7. The smallest absolute Gasteiger partial charge is 0.114 e. The molecule has 1 aromatic heterocycles. The van der Waals surface area contributed by atoms with Gasteiger partial charge in [0, 0.05) is 16.7 Å². The topological polar surface area (TPSA) is 59.4 Å². The molecular formula is C15H19NO2S. The van der Waals surface area contributed by atoms with Gasteiger partial charge in [0.05, 0.1) is 12.4 Å². The molecule has 0 radical (unpaired) electrons. The minimum atomic E-state index is -0.528. The summed E-state index contributed by atoms with van der Waals surface area (Å²) in [5.41, 5.74) is 7.19. The van der Waals surface area contributed by atoms with Gasteiger partial charge in [0.1, 0.15) is 5.76 Å². The molecule has 0 aliphatic heterocycles. The molecule has 2 aromatic rings. The lowest BCUT2D eigenvalue weighted by atomic mass is 10.0. The third kappa shape index (κ3) is 4.13. The Kier molecular flexibility index (Phi) is 5.07. The minimum Gasteiger partial charge on any atom is -0.468 e. The van der Waals surface area contributed by atoms with Gasteiger partial charge < -0.3 is 15.3 Å². The Balaban J connectivity index is 1.82. The first-order valence-electron chi connectivity index (χ1n) is 6.31. The Morgan fingerprint density at radius 1 is 1.26 bits per heavy atom. The highest BCUT2D eigenvalue weighted by Crippen LogP contribution is 2.24. The van der Waals surface area contributed by atoms with Crippen molar-refractivity contribution in [3.8, 4) is 0 Å². The van der Waals surface area contributed by atoms with E-state index in [4.69, 9.17) is 10.2 Å². The summed E-state index contributed by atoms with van der Waals surface area (Å²) < 4.78 is 5.22. The van der Waals surface area contributed by atoms with Crippen molar-refractivity contribution in [3.05, 3.63) is 54.0 Å². The molecule has 2 rings (SSSR count). The van der Waals surface area contributed by atoms with Crippen LogP contribution in [0.5, 0.6) is 0 Å². The third-order valence-electron chi connectivity index (χ3n) is 3.03. The first-order valence-corrected chi connectivity index (χ1v) is 7.30. The zero-order chi connectivity index (χ0) is 13.7. The van der Waals surface area contributed by atoms with Crippen LogP contribution in [0.25, 0.3) is 0 Å². The van der Waals surface area contributed by atoms with E-state index in [0.717, 1.165) is 16.2 Å². The fraction of sp³-hybridized carbons (Fsp3) is 0.333. The highest BCUT2D eigenvalue weighted by Gasteiger charge is 2.16. The largest absolute Gasteiger partial charge is 0.468 e. The number of furan rings is 1. The molecule has 2 atom stereocenters. The second-order valence-corrected chi connectivity index (χ2v) is 5.63. The fourth-order valence-electron chi connectivity index (χ4n) is 1.84. The number of benzene rings is 1. The zero-order valence-corrected chi connectivity index (χ0v) is 11.8. The maximum atomic E-state index is 10.1. The Hall–Kier alpha value is -1.23. The van der Waals surface area contributed by atoms with Crippen LogP contribution in [0.1, 0.15) is 11.3 Å². The van der Waals surface area contributed by atoms with E-state index in [9.17, 15) is 5.11 Å². The lowest BCUT2D eigenvalue weighted by Gasteiger charge is -2.18. The predicted molar refractivity (Wildman–Crippen MR) is 78.3 cm³/mol. The van der Waals surface area contributed by atoms with Crippen LogP contribution in [0.2, 0.25) is 0 Å². The number of rotatable bonds is 6. The lowest BCUT2D eigenvalue weighted by molar-refractivity contribution is 0.167. The first-order chi connectivity index (χ1) is 9.16. The van der Waals surface area contributed by atoms with Gasteiger partial charge in [-0.25, -0.2) is 0 Å². The van der Waals surface area contributed by atoms with Crippen LogP contribution in [0.3, 0.4) is 0 Å². The molecule has 0 saturated heterocycles. The second-order valence-electron chi connectivity index (χ2n) is 4.57. The van der Waals surface area contributed by atoms with Gasteiger partial charge in [-0.05, 0) is 25.0 Å². The van der Waals surface area contributed by atoms with E-state index >= 15 is 0 Å². The number of aliphatic hydroxyl groups excluding tert-OH is 1. The lowest BCUT2D eigenvalue weighted by Crippen LogP contribution is -2.38. The molecule has 0 spiro atoms. The molecule has 3 nitrogen and oxygen atoms in total. The van der Waals surface area contributed by atoms with E-state index in [1.165, 1.54) is 0 Å². The molecule has 0 aliphatic rings. The highest BCUT2D eigenvalue weighted by atomic mass is 32.2. The molecule has 19 heavy (non-hydrogen) atoms. The van der Waals surface area contributed by atoms with Crippen LogP contribution in [-0.2, 0) is 6.42 Å². The predicted octanol–water partition coefficient (Wildman–Crippen LogP) is 2.61. The molecule has 1 aromatic carbocycles. The van der Waals surface area contributed by atoms with Crippen molar-refractivity contribution in [2.45, 2.75) is 30.4 Å². The summed E-state index contributed by atoms with van der Waals surface area (Å²) in [6.45, 7) is 1.92. The van der Waals surface area contributed by atoms with Crippen molar-refractivity contribution in [2.24, 2.45) is 5.73 Å². The SMILES string of the molecule is Cc1occc1SCC(O)C(N)Cc1ccccc1. The molecule has 0 aliphatic carbocycles. The number of aliphatic hydroxyl groups is 1. The Bertz CT molecular complexity index is 498. The van der Waals surface area contributed by atoms with Crippen LogP contribution in [-0.4, -0.2) is 23.0 Å². The summed E-state index contributed by atoms with van der Waals surface area (Å²) in [5.74, 6) is 1.46. The molecule has 102 valence electrons. The molecule has 2 unspecified atom stereocenters. The molecule has 0 saturated carbocycles. The number of thioether (sulfide) groups is 1. The Morgan fingerprint density at radius 3 is 2.63 bits per heavy atom. The van der Waals surface area contributed by atoms with Gasteiger partial charge in [-0.15, -0.1) is 11.8 Å². The molecule has 1 heterocycles. The van der Waals surface area contributed by atoms with E-state index in [-0.39, 0.29) is 6.04 Å². The fourth-order valence-corrected chi connectivity index (χ4v) is 2.84.